The van der Waals surface area contributed by atoms with Crippen LogP contribution in [0.15, 0.2) is 46.9 Å². The van der Waals surface area contributed by atoms with Crippen LogP contribution in [0.4, 0.5) is 5.69 Å². The van der Waals surface area contributed by atoms with Gasteiger partial charge in [-0.15, -0.1) is 0 Å². The van der Waals surface area contributed by atoms with E-state index in [0.29, 0.717) is 17.9 Å². The Morgan fingerprint density at radius 2 is 2.08 bits per heavy atom. The fourth-order valence-corrected chi connectivity index (χ4v) is 5.23. The zero-order valence-electron chi connectivity index (χ0n) is 15.0. The summed E-state index contributed by atoms with van der Waals surface area (Å²) in [7, 11) is -0.180. The third kappa shape index (κ3) is 3.38. The first-order valence-electron chi connectivity index (χ1n) is 8.68. The van der Waals surface area contributed by atoms with Crippen LogP contribution in [0, 0.1) is 5.92 Å². The van der Waals surface area contributed by atoms with Gasteiger partial charge in [-0.25, -0.2) is 8.42 Å². The van der Waals surface area contributed by atoms with Gasteiger partial charge < -0.3 is 10.1 Å². The summed E-state index contributed by atoms with van der Waals surface area (Å²) in [5.41, 5.74) is 2.60. The number of hydrogen-bond acceptors (Lipinski definition) is 4. The Kier molecular flexibility index (Phi) is 5.32. The number of nitrogens with zero attached hydrogens (tertiary/aromatic N) is 1. The lowest BCUT2D eigenvalue weighted by atomic mass is 9.90. The molecule has 2 unspecified atom stereocenters. The monoisotopic (exact) mass is 362 g/mol. The van der Waals surface area contributed by atoms with Crippen LogP contribution < -0.4 is 9.62 Å². The summed E-state index contributed by atoms with van der Waals surface area (Å²) in [5.74, 6) is 0.220. The first-order valence-corrected chi connectivity index (χ1v) is 10.1. The van der Waals surface area contributed by atoms with E-state index < -0.39 is 10.0 Å². The molecule has 6 heteroatoms. The summed E-state index contributed by atoms with van der Waals surface area (Å²) in [4.78, 5) is 0.533. The maximum absolute atomic E-state index is 13.2. The number of anilines is 1. The Morgan fingerprint density at radius 1 is 1.32 bits per heavy atom. The average molecular weight is 362 g/mol. The van der Waals surface area contributed by atoms with Gasteiger partial charge in [0.1, 0.15) is 0 Å². The number of benzene rings is 1. The molecule has 2 atom stereocenters. The Labute approximate surface area is 150 Å². The molecule has 1 aromatic rings. The van der Waals surface area contributed by atoms with Crippen molar-refractivity contribution in [1.82, 2.24) is 5.32 Å². The highest BCUT2D eigenvalue weighted by Gasteiger charge is 2.37. The smallest absolute Gasteiger partial charge is 0.260 e. The van der Waals surface area contributed by atoms with Crippen molar-refractivity contribution >= 4 is 15.7 Å². The summed E-state index contributed by atoms with van der Waals surface area (Å²) < 4.78 is 32.9. The molecule has 1 N–H and O–H groups in total. The molecule has 0 saturated carbocycles. The lowest BCUT2D eigenvalue weighted by Gasteiger charge is -2.25. The van der Waals surface area contributed by atoms with Gasteiger partial charge in [0.05, 0.1) is 16.6 Å². The summed E-state index contributed by atoms with van der Waals surface area (Å²) >= 11 is 0. The predicted molar refractivity (Wildman–Crippen MR) is 101 cm³/mol. The zero-order valence-corrected chi connectivity index (χ0v) is 15.8. The predicted octanol–water partition coefficient (Wildman–Crippen LogP) is 2.98. The first-order chi connectivity index (χ1) is 12.0. The normalized spacial score (nSPS) is 24.7. The SMILES string of the molecule is COCCCNC1C2=C(CC(C)C=C2)S(=O)(=O)N(C)c2ccccc21. The number of nitrogens with one attached hydrogen (secondary N) is 1. The zero-order chi connectivity index (χ0) is 18.0. The fraction of sp³-hybridized carbons (Fsp3) is 0.474. The number of para-hydroxylation sites is 1. The van der Waals surface area contributed by atoms with E-state index in [-0.39, 0.29) is 12.0 Å². The van der Waals surface area contributed by atoms with Gasteiger partial charge in [0.15, 0.2) is 0 Å². The van der Waals surface area contributed by atoms with Crippen molar-refractivity contribution in [3.63, 3.8) is 0 Å². The number of allylic oxidation sites excluding steroid dienone is 2. The molecule has 3 rings (SSSR count). The molecule has 5 nitrogen and oxygen atoms in total. The maximum atomic E-state index is 13.2. The summed E-state index contributed by atoms with van der Waals surface area (Å²) in [6, 6.07) is 7.60. The lowest BCUT2D eigenvalue weighted by Crippen LogP contribution is -2.29. The van der Waals surface area contributed by atoms with Crippen molar-refractivity contribution in [2.24, 2.45) is 5.92 Å². The molecule has 0 spiro atoms. The standard InChI is InChI=1S/C19H26N2O3S/c1-14-9-10-16-18(13-14)25(22,23)21(2)17-8-5-4-7-15(17)19(16)20-11-6-12-24-3/h4-5,7-10,14,19-20H,6,11-13H2,1-3H3. The van der Waals surface area contributed by atoms with Gasteiger partial charge in [0, 0.05) is 20.8 Å². The molecule has 136 valence electrons. The molecule has 1 aromatic carbocycles. The van der Waals surface area contributed by atoms with Crippen LogP contribution in [-0.2, 0) is 14.8 Å². The number of fused-ring (bicyclic) bond motifs is 1. The van der Waals surface area contributed by atoms with Crippen LogP contribution >= 0.6 is 0 Å². The van der Waals surface area contributed by atoms with Gasteiger partial charge in [-0.3, -0.25) is 4.31 Å². The van der Waals surface area contributed by atoms with E-state index >= 15 is 0 Å². The Bertz CT molecular complexity index is 799. The van der Waals surface area contributed by atoms with Gasteiger partial charge in [-0.05, 0) is 42.5 Å². The Hall–Kier alpha value is -1.63. The van der Waals surface area contributed by atoms with E-state index in [1.54, 1.807) is 14.2 Å². The second-order valence-electron chi connectivity index (χ2n) is 6.68. The average Bonchev–Trinajstić information content (AvgIpc) is 2.67. The number of hydrogen-bond donors (Lipinski definition) is 1. The molecule has 0 radical (unpaired) electrons. The highest BCUT2D eigenvalue weighted by molar-refractivity contribution is 7.96. The van der Waals surface area contributed by atoms with Gasteiger partial charge in [0.2, 0.25) is 0 Å². The topological polar surface area (TPSA) is 58.6 Å². The molecule has 0 saturated heterocycles. The van der Waals surface area contributed by atoms with Crippen LogP contribution in [0.5, 0.6) is 0 Å². The van der Waals surface area contributed by atoms with Gasteiger partial charge in [-0.1, -0.05) is 37.3 Å². The second-order valence-corrected chi connectivity index (χ2v) is 8.67. The van der Waals surface area contributed by atoms with Crippen molar-refractivity contribution in [3.8, 4) is 0 Å². The third-order valence-corrected chi connectivity index (χ3v) is 6.82. The van der Waals surface area contributed by atoms with Crippen molar-refractivity contribution in [2.75, 3.05) is 31.6 Å². The van der Waals surface area contributed by atoms with Crippen molar-refractivity contribution < 1.29 is 13.2 Å². The van der Waals surface area contributed by atoms with E-state index in [1.807, 2.05) is 30.3 Å². The molecular weight excluding hydrogens is 336 g/mol. The van der Waals surface area contributed by atoms with Crippen molar-refractivity contribution in [3.05, 3.63) is 52.5 Å². The fourth-order valence-electron chi connectivity index (χ4n) is 3.51. The highest BCUT2D eigenvalue weighted by atomic mass is 32.2. The molecule has 0 amide bonds. The van der Waals surface area contributed by atoms with Crippen LogP contribution in [0.1, 0.15) is 31.4 Å². The van der Waals surface area contributed by atoms with Crippen molar-refractivity contribution in [1.29, 1.82) is 0 Å². The summed E-state index contributed by atoms with van der Waals surface area (Å²) in [6.45, 7) is 3.49. The van der Waals surface area contributed by atoms with Crippen LogP contribution in [0.3, 0.4) is 0 Å². The van der Waals surface area contributed by atoms with E-state index in [4.69, 9.17) is 4.74 Å². The van der Waals surface area contributed by atoms with E-state index in [9.17, 15) is 8.42 Å². The minimum absolute atomic E-state index is 0.133. The molecule has 0 aromatic heterocycles. The number of rotatable bonds is 5. The third-order valence-electron chi connectivity index (χ3n) is 4.88. The van der Waals surface area contributed by atoms with Gasteiger partial charge >= 0.3 is 0 Å². The minimum Gasteiger partial charge on any atom is -0.385 e. The highest BCUT2D eigenvalue weighted by Crippen LogP contribution is 2.43. The molecule has 1 heterocycles. The maximum Gasteiger partial charge on any atom is 0.260 e. The van der Waals surface area contributed by atoms with Crippen LogP contribution in [0.25, 0.3) is 0 Å². The quantitative estimate of drug-likeness (QED) is 0.818. The second kappa shape index (κ2) is 7.32. The van der Waals surface area contributed by atoms with E-state index in [2.05, 4.69) is 18.3 Å². The lowest BCUT2D eigenvalue weighted by molar-refractivity contribution is 0.193. The number of methoxy groups -OCH3 is 1. The molecule has 0 bridgehead atoms. The Morgan fingerprint density at radius 3 is 2.84 bits per heavy atom. The molecule has 1 aliphatic carbocycles. The largest absolute Gasteiger partial charge is 0.385 e. The molecule has 1 aliphatic heterocycles. The van der Waals surface area contributed by atoms with Crippen LogP contribution in [0.2, 0.25) is 0 Å². The molecule has 2 aliphatic rings. The van der Waals surface area contributed by atoms with Gasteiger partial charge in [0.25, 0.3) is 10.0 Å². The summed E-state index contributed by atoms with van der Waals surface area (Å²) in [5, 5.41) is 3.54. The van der Waals surface area contributed by atoms with Gasteiger partial charge in [-0.2, -0.15) is 0 Å². The number of sulfonamides is 1. The minimum atomic E-state index is -3.52. The van der Waals surface area contributed by atoms with E-state index in [0.717, 1.165) is 29.8 Å². The van der Waals surface area contributed by atoms with Crippen LogP contribution in [-0.4, -0.2) is 35.7 Å². The summed E-state index contributed by atoms with van der Waals surface area (Å²) in [6.07, 6.45) is 5.51. The molecular formula is C19H26N2O3S. The molecule has 25 heavy (non-hydrogen) atoms. The molecule has 0 fully saturated rings. The Balaban J connectivity index is 2.10. The first kappa shape index (κ1) is 18.2. The van der Waals surface area contributed by atoms with E-state index in [1.165, 1.54) is 4.31 Å². The number of ether oxygens (including phenoxy) is 1. The van der Waals surface area contributed by atoms with Crippen molar-refractivity contribution in [2.45, 2.75) is 25.8 Å².